The molecule has 0 saturated carbocycles. The van der Waals surface area contributed by atoms with Gasteiger partial charge in [0.25, 0.3) is 0 Å². The van der Waals surface area contributed by atoms with Crippen molar-refractivity contribution in [2.45, 2.75) is 20.3 Å². The Hall–Kier alpha value is -1.68. The first-order chi connectivity index (χ1) is 8.15. The molecule has 2 rings (SSSR count). The Morgan fingerprint density at radius 1 is 1.41 bits per heavy atom. The smallest absolute Gasteiger partial charge is 0.229 e. The minimum Gasteiger partial charge on any atom is -0.326 e. The number of benzene rings is 1. The molecule has 1 aromatic carbocycles. The Balaban J connectivity index is 2.01. The van der Waals surface area contributed by atoms with Gasteiger partial charge in [-0.1, -0.05) is 12.1 Å². The first kappa shape index (κ1) is 11.8. The first-order valence-corrected chi connectivity index (χ1v) is 6.28. The summed E-state index contributed by atoms with van der Waals surface area (Å²) in [4.78, 5) is 17.0. The van der Waals surface area contributed by atoms with Crippen LogP contribution in [0.4, 0.5) is 5.69 Å². The number of thiazole rings is 1. The number of amides is 1. The predicted octanol–water partition coefficient (Wildman–Crippen LogP) is 2.94. The van der Waals surface area contributed by atoms with Gasteiger partial charge in [0.1, 0.15) is 0 Å². The summed E-state index contributed by atoms with van der Waals surface area (Å²) >= 11 is 1.52. The number of aryl methyl sites for hydroxylation is 2. The highest BCUT2D eigenvalue weighted by atomic mass is 32.1. The fourth-order valence-electron chi connectivity index (χ4n) is 1.57. The molecule has 1 N–H and O–H groups in total. The van der Waals surface area contributed by atoms with Gasteiger partial charge in [-0.2, -0.15) is 0 Å². The Morgan fingerprint density at radius 2 is 2.24 bits per heavy atom. The molecule has 0 unspecified atom stereocenters. The molecule has 17 heavy (non-hydrogen) atoms. The Bertz CT molecular complexity index is 534. The van der Waals surface area contributed by atoms with Crippen LogP contribution >= 0.6 is 11.3 Å². The number of hydrogen-bond donors (Lipinski definition) is 1. The van der Waals surface area contributed by atoms with Crippen molar-refractivity contribution in [3.05, 3.63) is 45.9 Å². The number of rotatable bonds is 3. The Morgan fingerprint density at radius 3 is 2.88 bits per heavy atom. The van der Waals surface area contributed by atoms with Crippen LogP contribution in [0.1, 0.15) is 16.1 Å². The molecule has 0 bridgehead atoms. The van der Waals surface area contributed by atoms with E-state index >= 15 is 0 Å². The summed E-state index contributed by atoms with van der Waals surface area (Å²) in [5.74, 6) is 0.00273. The number of nitrogens with zero attached hydrogens (tertiary/aromatic N) is 1. The van der Waals surface area contributed by atoms with Crippen molar-refractivity contribution in [3.8, 4) is 0 Å². The molecule has 0 spiro atoms. The van der Waals surface area contributed by atoms with E-state index in [1.807, 2.05) is 38.1 Å². The van der Waals surface area contributed by atoms with Gasteiger partial charge in [0.15, 0.2) is 0 Å². The average Bonchev–Trinajstić information content (AvgIpc) is 2.64. The van der Waals surface area contributed by atoms with Gasteiger partial charge in [0.2, 0.25) is 5.91 Å². The maximum absolute atomic E-state index is 11.8. The van der Waals surface area contributed by atoms with Gasteiger partial charge in [-0.05, 0) is 31.5 Å². The summed E-state index contributed by atoms with van der Waals surface area (Å²) in [7, 11) is 0. The minimum absolute atomic E-state index is 0.00273. The Labute approximate surface area is 105 Å². The molecule has 0 aliphatic carbocycles. The zero-order chi connectivity index (χ0) is 12.3. The average molecular weight is 246 g/mol. The predicted molar refractivity (Wildman–Crippen MR) is 70.4 cm³/mol. The largest absolute Gasteiger partial charge is 0.326 e. The van der Waals surface area contributed by atoms with Crippen LogP contribution in [0.2, 0.25) is 0 Å². The summed E-state index contributed by atoms with van der Waals surface area (Å²) in [6.45, 7) is 3.93. The maximum atomic E-state index is 11.8. The minimum atomic E-state index is 0.00273. The second-order valence-electron chi connectivity index (χ2n) is 3.96. The zero-order valence-electron chi connectivity index (χ0n) is 9.86. The molecule has 4 heteroatoms. The molecule has 1 heterocycles. The second kappa shape index (κ2) is 5.10. The van der Waals surface area contributed by atoms with Crippen molar-refractivity contribution < 1.29 is 4.79 Å². The molecule has 0 atom stereocenters. The fraction of sp³-hybridized carbons (Fsp3) is 0.231. The van der Waals surface area contributed by atoms with Crippen molar-refractivity contribution in [1.82, 2.24) is 4.98 Å². The molecule has 3 nitrogen and oxygen atoms in total. The van der Waals surface area contributed by atoms with E-state index < -0.39 is 0 Å². The van der Waals surface area contributed by atoms with Crippen molar-refractivity contribution in [2.75, 3.05) is 5.32 Å². The summed E-state index contributed by atoms with van der Waals surface area (Å²) < 4.78 is 0. The third kappa shape index (κ3) is 3.14. The highest BCUT2D eigenvalue weighted by Gasteiger charge is 2.08. The summed E-state index contributed by atoms with van der Waals surface area (Å²) in [5.41, 5.74) is 4.69. The normalized spacial score (nSPS) is 10.2. The van der Waals surface area contributed by atoms with Gasteiger partial charge in [-0.3, -0.25) is 4.79 Å². The summed E-state index contributed by atoms with van der Waals surface area (Å²) in [6, 6.07) is 7.79. The molecule has 0 aliphatic heterocycles. The number of carbonyl (C=O) groups excluding carboxylic acids is 1. The van der Waals surface area contributed by atoms with E-state index in [9.17, 15) is 4.79 Å². The molecule has 1 aromatic heterocycles. The van der Waals surface area contributed by atoms with Crippen LogP contribution in [0, 0.1) is 13.8 Å². The molecule has 0 saturated heterocycles. The monoisotopic (exact) mass is 246 g/mol. The second-order valence-corrected chi connectivity index (χ2v) is 4.89. The van der Waals surface area contributed by atoms with Crippen LogP contribution in [-0.4, -0.2) is 10.9 Å². The van der Waals surface area contributed by atoms with Gasteiger partial charge in [0, 0.05) is 10.6 Å². The van der Waals surface area contributed by atoms with Gasteiger partial charge >= 0.3 is 0 Å². The molecule has 0 aliphatic rings. The number of carbonyl (C=O) groups is 1. The summed E-state index contributed by atoms with van der Waals surface area (Å²) in [5, 5.41) is 2.89. The fourth-order valence-corrected chi connectivity index (χ4v) is 2.35. The van der Waals surface area contributed by atoms with Crippen molar-refractivity contribution in [1.29, 1.82) is 0 Å². The van der Waals surface area contributed by atoms with Gasteiger partial charge in [-0.15, -0.1) is 11.3 Å². The lowest BCUT2D eigenvalue weighted by Gasteiger charge is -2.05. The quantitative estimate of drug-likeness (QED) is 0.904. The SMILES string of the molecule is Cc1cccc(NC(=O)Cc2scnc2C)c1. The summed E-state index contributed by atoms with van der Waals surface area (Å²) in [6.07, 6.45) is 0.393. The van der Waals surface area contributed by atoms with E-state index in [1.54, 1.807) is 5.51 Å². The van der Waals surface area contributed by atoms with Crippen molar-refractivity contribution >= 4 is 22.9 Å². The van der Waals surface area contributed by atoms with Gasteiger partial charge in [0.05, 0.1) is 17.6 Å². The topological polar surface area (TPSA) is 42.0 Å². The molecule has 0 radical (unpaired) electrons. The first-order valence-electron chi connectivity index (χ1n) is 5.40. The molecular formula is C13H14N2OS. The van der Waals surface area contributed by atoms with Gasteiger partial charge in [-0.25, -0.2) is 4.98 Å². The van der Waals surface area contributed by atoms with Crippen LogP contribution < -0.4 is 5.32 Å². The highest BCUT2D eigenvalue weighted by molar-refractivity contribution is 7.09. The standard InChI is InChI=1S/C13H14N2OS/c1-9-4-3-5-11(6-9)15-13(16)7-12-10(2)14-8-17-12/h3-6,8H,7H2,1-2H3,(H,15,16). The van der Waals surface area contributed by atoms with E-state index in [-0.39, 0.29) is 5.91 Å². The Kier molecular flexibility index (Phi) is 3.54. The molecule has 88 valence electrons. The number of aromatic nitrogens is 1. The molecular weight excluding hydrogens is 232 g/mol. The van der Waals surface area contributed by atoms with Crippen LogP contribution in [-0.2, 0) is 11.2 Å². The molecule has 0 fully saturated rings. The molecule has 2 aromatic rings. The van der Waals surface area contributed by atoms with Crippen LogP contribution in [0.25, 0.3) is 0 Å². The van der Waals surface area contributed by atoms with Crippen LogP contribution in [0.3, 0.4) is 0 Å². The number of hydrogen-bond acceptors (Lipinski definition) is 3. The van der Waals surface area contributed by atoms with Crippen LogP contribution in [0.15, 0.2) is 29.8 Å². The van der Waals surface area contributed by atoms with Crippen LogP contribution in [0.5, 0.6) is 0 Å². The van der Waals surface area contributed by atoms with Crippen molar-refractivity contribution in [2.24, 2.45) is 0 Å². The molecule has 1 amide bonds. The van der Waals surface area contributed by atoms with E-state index in [0.717, 1.165) is 21.8 Å². The lowest BCUT2D eigenvalue weighted by molar-refractivity contribution is -0.115. The highest BCUT2D eigenvalue weighted by Crippen LogP contribution is 2.14. The number of nitrogens with one attached hydrogen (secondary N) is 1. The van der Waals surface area contributed by atoms with E-state index in [4.69, 9.17) is 0 Å². The third-order valence-corrected chi connectivity index (χ3v) is 3.40. The maximum Gasteiger partial charge on any atom is 0.229 e. The third-order valence-electron chi connectivity index (χ3n) is 2.47. The lowest BCUT2D eigenvalue weighted by Crippen LogP contribution is -2.14. The van der Waals surface area contributed by atoms with Gasteiger partial charge < -0.3 is 5.32 Å². The van der Waals surface area contributed by atoms with E-state index in [1.165, 1.54) is 11.3 Å². The zero-order valence-corrected chi connectivity index (χ0v) is 10.7. The van der Waals surface area contributed by atoms with E-state index in [2.05, 4.69) is 10.3 Å². The van der Waals surface area contributed by atoms with E-state index in [0.29, 0.717) is 6.42 Å². The lowest BCUT2D eigenvalue weighted by atomic mass is 10.2. The van der Waals surface area contributed by atoms with Crippen molar-refractivity contribution in [3.63, 3.8) is 0 Å². The number of anilines is 1.